The normalized spacial score (nSPS) is 26.6. The van der Waals surface area contributed by atoms with Crippen LogP contribution >= 0.6 is 0 Å². The Morgan fingerprint density at radius 3 is 2.57 bits per heavy atom. The van der Waals surface area contributed by atoms with E-state index in [-0.39, 0.29) is 37.6 Å². The number of aliphatic hydroxyl groups is 1. The molecule has 2 saturated heterocycles. The van der Waals surface area contributed by atoms with Crippen molar-refractivity contribution >= 4 is 11.9 Å². The van der Waals surface area contributed by atoms with Gasteiger partial charge >= 0.3 is 11.9 Å². The zero-order chi connectivity index (χ0) is 21.9. The Labute approximate surface area is 173 Å². The third kappa shape index (κ3) is 4.62. The van der Waals surface area contributed by atoms with E-state index in [0.717, 1.165) is 0 Å². The lowest BCUT2D eigenvalue weighted by Crippen LogP contribution is -2.31. The van der Waals surface area contributed by atoms with E-state index in [9.17, 15) is 14.7 Å². The number of ether oxygens (including phenoxy) is 5. The smallest absolute Gasteiger partial charge is 0.384 e. The van der Waals surface area contributed by atoms with Crippen molar-refractivity contribution in [1.29, 1.82) is 0 Å². The van der Waals surface area contributed by atoms with Gasteiger partial charge in [-0.3, -0.25) is 4.79 Å². The quantitative estimate of drug-likeness (QED) is 0.481. The Bertz CT molecular complexity index is 856. The van der Waals surface area contributed by atoms with Crippen molar-refractivity contribution in [3.05, 3.63) is 11.4 Å². The number of nitrogens with zero attached hydrogens (tertiary/aromatic N) is 3. The zero-order valence-electron chi connectivity index (χ0n) is 17.3. The topological polar surface area (TPSA) is 131 Å². The fraction of sp³-hybridized carbons (Fsp3) is 0.684. The Hall–Kier alpha value is -2.52. The molecule has 11 nitrogen and oxygen atoms in total. The van der Waals surface area contributed by atoms with Crippen LogP contribution in [0.1, 0.15) is 45.3 Å². The summed E-state index contributed by atoms with van der Waals surface area (Å²) in [5.41, 5.74) is 0.405. The second kappa shape index (κ2) is 9.09. The minimum absolute atomic E-state index is 0.175. The number of aromatic nitrogens is 3. The molecule has 1 N–H and O–H groups in total. The molecule has 2 fully saturated rings. The van der Waals surface area contributed by atoms with Crippen LogP contribution in [0.25, 0.3) is 0 Å². The summed E-state index contributed by atoms with van der Waals surface area (Å²) in [6, 6.07) is 0. The molecule has 3 rings (SSSR count). The van der Waals surface area contributed by atoms with Crippen LogP contribution in [0, 0.1) is 11.8 Å². The Balaban J connectivity index is 1.96. The third-order valence-electron chi connectivity index (χ3n) is 4.49. The van der Waals surface area contributed by atoms with Gasteiger partial charge in [-0.15, -0.1) is 5.10 Å². The van der Waals surface area contributed by atoms with Crippen molar-refractivity contribution in [2.24, 2.45) is 0 Å². The van der Waals surface area contributed by atoms with Gasteiger partial charge in [-0.1, -0.05) is 5.21 Å². The standard InChI is InChI=1S/C19H25N3O8/c1-5-26-14(24)8-7-12-11(9-15(25)27-6-2)20-21-22(12)18-17-16(13(10-23)28-18)29-19(3,4)30-17/h13,16-18,23H,5-6,9-10H2,1-4H3/t13-,16-,17-,18-/m0/s1. The Morgan fingerprint density at radius 2 is 1.90 bits per heavy atom. The molecule has 3 heterocycles. The maximum atomic E-state index is 12.0. The number of esters is 2. The number of hydrogen-bond donors (Lipinski definition) is 1. The molecule has 0 amide bonds. The second-order valence-electron chi connectivity index (χ2n) is 7.09. The molecule has 0 bridgehead atoms. The largest absolute Gasteiger partial charge is 0.466 e. The summed E-state index contributed by atoms with van der Waals surface area (Å²) in [4.78, 5) is 23.7. The number of aliphatic hydroxyl groups excluding tert-OH is 1. The van der Waals surface area contributed by atoms with Crippen LogP contribution in [0.2, 0.25) is 0 Å². The van der Waals surface area contributed by atoms with Gasteiger partial charge in [0.25, 0.3) is 0 Å². The van der Waals surface area contributed by atoms with E-state index < -0.39 is 42.3 Å². The monoisotopic (exact) mass is 423 g/mol. The predicted molar refractivity (Wildman–Crippen MR) is 98.7 cm³/mol. The minimum Gasteiger partial charge on any atom is -0.466 e. The molecule has 0 aromatic carbocycles. The van der Waals surface area contributed by atoms with Gasteiger partial charge in [0.05, 0.1) is 26.2 Å². The fourth-order valence-corrected chi connectivity index (χ4v) is 3.38. The lowest BCUT2D eigenvalue weighted by Gasteiger charge is -2.23. The fourth-order valence-electron chi connectivity index (χ4n) is 3.38. The molecule has 11 heteroatoms. The van der Waals surface area contributed by atoms with E-state index in [1.807, 2.05) is 0 Å². The second-order valence-corrected chi connectivity index (χ2v) is 7.09. The Kier molecular flexibility index (Phi) is 6.72. The lowest BCUT2D eigenvalue weighted by molar-refractivity contribution is -0.201. The van der Waals surface area contributed by atoms with Gasteiger partial charge in [0, 0.05) is 5.92 Å². The van der Waals surface area contributed by atoms with Gasteiger partial charge in [0.15, 0.2) is 12.0 Å². The van der Waals surface area contributed by atoms with E-state index in [1.165, 1.54) is 4.68 Å². The molecule has 0 saturated carbocycles. The first-order chi connectivity index (χ1) is 14.3. The zero-order valence-corrected chi connectivity index (χ0v) is 17.3. The van der Waals surface area contributed by atoms with Crippen molar-refractivity contribution in [2.45, 2.75) is 64.4 Å². The van der Waals surface area contributed by atoms with Crippen LogP contribution in [0.5, 0.6) is 0 Å². The third-order valence-corrected chi connectivity index (χ3v) is 4.49. The molecule has 4 atom stereocenters. The highest BCUT2D eigenvalue weighted by molar-refractivity contribution is 5.89. The van der Waals surface area contributed by atoms with Crippen LogP contribution in [-0.2, 0) is 39.7 Å². The van der Waals surface area contributed by atoms with E-state index in [1.54, 1.807) is 27.7 Å². The van der Waals surface area contributed by atoms with Crippen molar-refractivity contribution in [2.75, 3.05) is 19.8 Å². The van der Waals surface area contributed by atoms with Gasteiger partial charge in [0.1, 0.15) is 29.7 Å². The van der Waals surface area contributed by atoms with Crippen LogP contribution in [0.15, 0.2) is 0 Å². The summed E-state index contributed by atoms with van der Waals surface area (Å²) >= 11 is 0. The number of rotatable bonds is 6. The first-order valence-corrected chi connectivity index (χ1v) is 9.70. The first kappa shape index (κ1) is 22.2. The Morgan fingerprint density at radius 1 is 1.20 bits per heavy atom. The molecule has 30 heavy (non-hydrogen) atoms. The SMILES string of the molecule is CCOC(=O)C#Cc1c(CC(=O)OCC)nnn1[C@H]1O[C@@H](CO)[C@@H]2OC(C)(C)O[C@@H]21. The molecular weight excluding hydrogens is 398 g/mol. The van der Waals surface area contributed by atoms with Crippen molar-refractivity contribution in [3.8, 4) is 11.8 Å². The average Bonchev–Trinajstić information content (AvgIpc) is 3.31. The maximum Gasteiger partial charge on any atom is 0.384 e. The van der Waals surface area contributed by atoms with E-state index >= 15 is 0 Å². The lowest BCUT2D eigenvalue weighted by atomic mass is 10.1. The molecule has 0 spiro atoms. The first-order valence-electron chi connectivity index (χ1n) is 9.70. The van der Waals surface area contributed by atoms with Crippen LogP contribution < -0.4 is 0 Å². The molecule has 0 radical (unpaired) electrons. The summed E-state index contributed by atoms with van der Waals surface area (Å²) in [5, 5.41) is 17.8. The molecule has 1 aromatic heterocycles. The van der Waals surface area contributed by atoms with Crippen LogP contribution in [0.3, 0.4) is 0 Å². The van der Waals surface area contributed by atoms with Crippen molar-refractivity contribution in [3.63, 3.8) is 0 Å². The summed E-state index contributed by atoms with van der Waals surface area (Å²) in [7, 11) is 0. The van der Waals surface area contributed by atoms with Gasteiger partial charge in [-0.05, 0) is 33.6 Å². The van der Waals surface area contributed by atoms with Gasteiger partial charge in [0.2, 0.25) is 0 Å². The van der Waals surface area contributed by atoms with Gasteiger partial charge in [-0.25, -0.2) is 9.48 Å². The maximum absolute atomic E-state index is 12.0. The minimum atomic E-state index is -0.879. The molecule has 2 aliphatic heterocycles. The highest BCUT2D eigenvalue weighted by Crippen LogP contribution is 2.43. The van der Waals surface area contributed by atoms with Crippen LogP contribution in [-0.4, -0.2) is 76.0 Å². The van der Waals surface area contributed by atoms with Crippen LogP contribution in [0.4, 0.5) is 0 Å². The highest BCUT2D eigenvalue weighted by Gasteiger charge is 2.56. The molecule has 1 aromatic rings. The number of carbonyl (C=O) groups is 2. The average molecular weight is 423 g/mol. The number of fused-ring (bicyclic) bond motifs is 1. The summed E-state index contributed by atoms with van der Waals surface area (Å²) in [6.45, 7) is 6.97. The van der Waals surface area contributed by atoms with Gasteiger partial charge < -0.3 is 28.8 Å². The predicted octanol–water partition coefficient (Wildman–Crippen LogP) is -0.292. The van der Waals surface area contributed by atoms with Crippen molar-refractivity contribution in [1.82, 2.24) is 15.0 Å². The van der Waals surface area contributed by atoms with E-state index in [0.29, 0.717) is 0 Å². The molecule has 164 valence electrons. The molecule has 0 aliphatic carbocycles. The van der Waals surface area contributed by atoms with E-state index in [2.05, 4.69) is 22.2 Å². The van der Waals surface area contributed by atoms with E-state index in [4.69, 9.17) is 23.7 Å². The molecular formula is C19H25N3O8. The number of carbonyl (C=O) groups excluding carboxylic acids is 2. The number of hydrogen-bond acceptors (Lipinski definition) is 10. The summed E-state index contributed by atoms with van der Waals surface area (Å²) < 4.78 is 28.8. The van der Waals surface area contributed by atoms with Gasteiger partial charge in [-0.2, -0.15) is 0 Å². The summed E-state index contributed by atoms with van der Waals surface area (Å²) in [6.07, 6.45) is -2.79. The summed E-state index contributed by atoms with van der Waals surface area (Å²) in [5.74, 6) is 2.91. The highest BCUT2D eigenvalue weighted by atomic mass is 16.8. The molecule has 0 unspecified atom stereocenters. The van der Waals surface area contributed by atoms with Crippen molar-refractivity contribution < 1.29 is 38.4 Å². The molecule has 2 aliphatic rings.